The number of ether oxygens (including phenoxy) is 1. The van der Waals surface area contributed by atoms with Crippen molar-refractivity contribution in [3.63, 3.8) is 0 Å². The molecule has 0 radical (unpaired) electrons. The summed E-state index contributed by atoms with van der Waals surface area (Å²) in [5.74, 6) is 2.17. The van der Waals surface area contributed by atoms with Crippen LogP contribution in [0.4, 0.5) is 17.5 Å². The van der Waals surface area contributed by atoms with Crippen LogP contribution in [0.25, 0.3) is 0 Å². The van der Waals surface area contributed by atoms with Gasteiger partial charge in [0.1, 0.15) is 11.6 Å². The number of halogens is 1. The molecule has 1 aromatic heterocycles. The van der Waals surface area contributed by atoms with Gasteiger partial charge in [-0.2, -0.15) is 4.98 Å². The standard InChI is InChI=1S/C17H22ClN5O/c1-3-22-8-10-23(11-9-22)16-6-7-19-17(21-16)20-14-12-13(18)4-5-15(14)24-2/h4-7,12H,3,8-11H2,1-2H3,(H,19,20,21). The van der Waals surface area contributed by atoms with Gasteiger partial charge in [0.25, 0.3) is 0 Å². The Bertz CT molecular complexity index is 688. The molecule has 1 aliphatic rings. The van der Waals surface area contributed by atoms with Crippen LogP contribution in [-0.4, -0.2) is 54.7 Å². The molecule has 2 aromatic rings. The summed E-state index contributed by atoms with van der Waals surface area (Å²) in [4.78, 5) is 13.7. The van der Waals surface area contributed by atoms with Crippen molar-refractivity contribution in [2.24, 2.45) is 0 Å². The summed E-state index contributed by atoms with van der Waals surface area (Å²) in [5.41, 5.74) is 0.748. The number of rotatable bonds is 5. The van der Waals surface area contributed by atoms with Gasteiger partial charge in [0, 0.05) is 37.4 Å². The SMILES string of the molecule is CCN1CCN(c2ccnc(Nc3cc(Cl)ccc3OC)n2)CC1. The first-order chi connectivity index (χ1) is 11.7. The van der Waals surface area contributed by atoms with Gasteiger partial charge in [-0.3, -0.25) is 0 Å². The molecule has 1 aliphatic heterocycles. The van der Waals surface area contributed by atoms with Gasteiger partial charge >= 0.3 is 0 Å². The van der Waals surface area contributed by atoms with Crippen LogP contribution in [0.2, 0.25) is 5.02 Å². The summed E-state index contributed by atoms with van der Waals surface area (Å²) < 4.78 is 5.35. The van der Waals surface area contributed by atoms with Gasteiger partial charge in [0.15, 0.2) is 0 Å². The lowest BCUT2D eigenvalue weighted by Crippen LogP contribution is -2.46. The molecule has 0 amide bonds. The minimum Gasteiger partial charge on any atom is -0.495 e. The molecule has 1 N–H and O–H groups in total. The fourth-order valence-electron chi connectivity index (χ4n) is 2.78. The number of methoxy groups -OCH3 is 1. The van der Waals surface area contributed by atoms with Crippen LogP contribution in [0.3, 0.4) is 0 Å². The molecule has 0 spiro atoms. The Morgan fingerprint density at radius 3 is 2.71 bits per heavy atom. The maximum atomic E-state index is 6.07. The summed E-state index contributed by atoms with van der Waals surface area (Å²) >= 11 is 6.07. The molecule has 7 heteroatoms. The van der Waals surface area contributed by atoms with E-state index >= 15 is 0 Å². The maximum Gasteiger partial charge on any atom is 0.229 e. The topological polar surface area (TPSA) is 53.5 Å². The molecule has 128 valence electrons. The zero-order valence-electron chi connectivity index (χ0n) is 14.0. The zero-order chi connectivity index (χ0) is 16.9. The van der Waals surface area contributed by atoms with Crippen molar-refractivity contribution in [2.45, 2.75) is 6.92 Å². The van der Waals surface area contributed by atoms with Crippen LogP contribution in [0.15, 0.2) is 30.5 Å². The fraction of sp³-hybridized carbons (Fsp3) is 0.412. The highest BCUT2D eigenvalue weighted by Crippen LogP contribution is 2.29. The Hall–Kier alpha value is -2.05. The predicted molar refractivity (Wildman–Crippen MR) is 97.6 cm³/mol. The van der Waals surface area contributed by atoms with Crippen LogP contribution in [0, 0.1) is 0 Å². The molecule has 1 aromatic carbocycles. The van der Waals surface area contributed by atoms with Gasteiger partial charge in [0.05, 0.1) is 12.8 Å². The molecule has 24 heavy (non-hydrogen) atoms. The molecular weight excluding hydrogens is 326 g/mol. The summed E-state index contributed by atoms with van der Waals surface area (Å²) in [6.45, 7) is 7.37. The Labute approximate surface area is 147 Å². The van der Waals surface area contributed by atoms with Gasteiger partial charge < -0.3 is 19.9 Å². The molecule has 0 unspecified atom stereocenters. The van der Waals surface area contributed by atoms with Crippen LogP contribution in [-0.2, 0) is 0 Å². The van der Waals surface area contributed by atoms with Crippen molar-refractivity contribution in [3.05, 3.63) is 35.5 Å². The van der Waals surface area contributed by atoms with E-state index in [-0.39, 0.29) is 0 Å². The van der Waals surface area contributed by atoms with E-state index in [0.29, 0.717) is 16.7 Å². The van der Waals surface area contributed by atoms with E-state index < -0.39 is 0 Å². The van der Waals surface area contributed by atoms with Crippen molar-refractivity contribution in [2.75, 3.05) is 50.1 Å². The number of hydrogen-bond acceptors (Lipinski definition) is 6. The third-order valence-electron chi connectivity index (χ3n) is 4.19. The van der Waals surface area contributed by atoms with Gasteiger partial charge in [-0.05, 0) is 30.8 Å². The number of anilines is 3. The van der Waals surface area contributed by atoms with Crippen molar-refractivity contribution >= 4 is 29.1 Å². The number of hydrogen-bond donors (Lipinski definition) is 1. The van der Waals surface area contributed by atoms with E-state index in [2.05, 4.69) is 32.0 Å². The summed E-state index contributed by atoms with van der Waals surface area (Å²) in [5, 5.41) is 3.82. The predicted octanol–water partition coefficient (Wildman–Crippen LogP) is 3.02. The van der Waals surface area contributed by atoms with Crippen LogP contribution < -0.4 is 15.0 Å². The van der Waals surface area contributed by atoms with Gasteiger partial charge in [-0.25, -0.2) is 4.98 Å². The van der Waals surface area contributed by atoms with E-state index in [9.17, 15) is 0 Å². The lowest BCUT2D eigenvalue weighted by Gasteiger charge is -2.34. The van der Waals surface area contributed by atoms with Crippen molar-refractivity contribution < 1.29 is 4.74 Å². The molecule has 1 saturated heterocycles. The highest BCUT2D eigenvalue weighted by Gasteiger charge is 2.17. The molecule has 2 heterocycles. The molecule has 0 aliphatic carbocycles. The molecule has 6 nitrogen and oxygen atoms in total. The van der Waals surface area contributed by atoms with Gasteiger partial charge in [-0.1, -0.05) is 18.5 Å². The normalized spacial score (nSPS) is 15.4. The fourth-order valence-corrected chi connectivity index (χ4v) is 2.95. The van der Waals surface area contributed by atoms with Gasteiger partial charge in [0.2, 0.25) is 5.95 Å². The van der Waals surface area contributed by atoms with E-state index in [4.69, 9.17) is 16.3 Å². The highest BCUT2D eigenvalue weighted by molar-refractivity contribution is 6.30. The van der Waals surface area contributed by atoms with E-state index in [1.165, 1.54) is 0 Å². The van der Waals surface area contributed by atoms with Crippen LogP contribution >= 0.6 is 11.6 Å². The quantitative estimate of drug-likeness (QED) is 0.897. The van der Waals surface area contributed by atoms with E-state index in [1.807, 2.05) is 12.1 Å². The number of benzene rings is 1. The molecule has 3 rings (SSSR count). The Morgan fingerprint density at radius 1 is 1.21 bits per heavy atom. The highest BCUT2D eigenvalue weighted by atomic mass is 35.5. The molecule has 0 atom stereocenters. The smallest absolute Gasteiger partial charge is 0.229 e. The first-order valence-electron chi connectivity index (χ1n) is 8.10. The average Bonchev–Trinajstić information content (AvgIpc) is 2.62. The number of likely N-dealkylation sites (N-methyl/N-ethyl adjacent to an activating group) is 1. The second-order valence-corrected chi connectivity index (χ2v) is 6.07. The lowest BCUT2D eigenvalue weighted by molar-refractivity contribution is 0.270. The summed E-state index contributed by atoms with van der Waals surface area (Å²) in [7, 11) is 1.62. The molecular formula is C17H22ClN5O. The maximum absolute atomic E-state index is 6.07. The second kappa shape index (κ2) is 7.68. The first kappa shape index (κ1) is 16.8. The zero-order valence-corrected chi connectivity index (χ0v) is 14.8. The van der Waals surface area contributed by atoms with Crippen molar-refractivity contribution in [1.82, 2.24) is 14.9 Å². The van der Waals surface area contributed by atoms with Crippen molar-refractivity contribution in [1.29, 1.82) is 0 Å². The number of nitrogens with zero attached hydrogens (tertiary/aromatic N) is 4. The molecule has 1 fully saturated rings. The molecule has 0 bridgehead atoms. The monoisotopic (exact) mass is 347 g/mol. The van der Waals surface area contributed by atoms with Crippen molar-refractivity contribution in [3.8, 4) is 5.75 Å². The number of piperazine rings is 1. The second-order valence-electron chi connectivity index (χ2n) is 5.63. The first-order valence-corrected chi connectivity index (χ1v) is 8.48. The number of nitrogens with one attached hydrogen (secondary N) is 1. The minimum absolute atomic E-state index is 0.533. The third-order valence-corrected chi connectivity index (χ3v) is 4.43. The summed E-state index contributed by atoms with van der Waals surface area (Å²) in [6, 6.07) is 7.35. The minimum atomic E-state index is 0.533. The van der Waals surface area contributed by atoms with E-state index in [1.54, 1.807) is 25.4 Å². The Kier molecular flexibility index (Phi) is 5.37. The number of aromatic nitrogens is 2. The average molecular weight is 348 g/mol. The lowest BCUT2D eigenvalue weighted by atomic mass is 10.3. The van der Waals surface area contributed by atoms with Crippen LogP contribution in [0.1, 0.15) is 6.92 Å². The van der Waals surface area contributed by atoms with Crippen LogP contribution in [0.5, 0.6) is 5.75 Å². The summed E-state index contributed by atoms with van der Waals surface area (Å²) in [6.07, 6.45) is 1.77. The van der Waals surface area contributed by atoms with E-state index in [0.717, 1.165) is 44.2 Å². The van der Waals surface area contributed by atoms with Gasteiger partial charge in [-0.15, -0.1) is 0 Å². The molecule has 0 saturated carbocycles. The Morgan fingerprint density at radius 2 is 2.00 bits per heavy atom. The third kappa shape index (κ3) is 3.88. The largest absolute Gasteiger partial charge is 0.495 e. The Balaban J connectivity index is 1.75.